The fraction of sp³-hybridized carbons (Fsp3) is 0.333. The van der Waals surface area contributed by atoms with Crippen LogP contribution in [-0.2, 0) is 13.0 Å². The van der Waals surface area contributed by atoms with Crippen molar-refractivity contribution >= 4 is 11.7 Å². The molecule has 144 valence electrons. The number of hydrogen-bond donors (Lipinski definition) is 2. The van der Waals surface area contributed by atoms with Gasteiger partial charge in [0.05, 0.1) is 0 Å². The van der Waals surface area contributed by atoms with Crippen LogP contribution in [0.1, 0.15) is 46.2 Å². The third-order valence-corrected chi connectivity index (χ3v) is 4.95. The minimum Gasteiger partial charge on any atom is -0.359 e. The van der Waals surface area contributed by atoms with E-state index in [9.17, 15) is 4.79 Å². The van der Waals surface area contributed by atoms with Crippen LogP contribution < -0.4 is 10.2 Å². The highest BCUT2D eigenvalue weighted by atomic mass is 16.1. The van der Waals surface area contributed by atoms with Crippen molar-refractivity contribution in [3.63, 3.8) is 0 Å². The van der Waals surface area contributed by atoms with Crippen LogP contribution in [0, 0.1) is 0 Å². The van der Waals surface area contributed by atoms with Crippen LogP contribution >= 0.6 is 0 Å². The van der Waals surface area contributed by atoms with Crippen molar-refractivity contribution in [2.75, 3.05) is 18.5 Å². The predicted octanol–water partition coefficient (Wildman–Crippen LogP) is 2.69. The first-order valence-corrected chi connectivity index (χ1v) is 9.59. The number of H-pyrrole nitrogens is 1. The van der Waals surface area contributed by atoms with E-state index in [2.05, 4.69) is 30.4 Å². The summed E-state index contributed by atoms with van der Waals surface area (Å²) in [6, 6.07) is 11.7. The maximum atomic E-state index is 12.4. The topological polar surface area (TPSA) is 86.8 Å². The Balaban J connectivity index is 1.37. The largest absolute Gasteiger partial charge is 0.359 e. The number of anilines is 1. The van der Waals surface area contributed by atoms with E-state index in [0.29, 0.717) is 18.2 Å². The summed E-state index contributed by atoms with van der Waals surface area (Å²) in [5.74, 6) is 1.24. The Labute approximate surface area is 164 Å². The maximum Gasteiger partial charge on any atom is 0.272 e. The van der Waals surface area contributed by atoms with Gasteiger partial charge in [-0.3, -0.25) is 14.9 Å². The monoisotopic (exact) mass is 376 g/mol. The molecule has 1 aliphatic rings. The molecule has 0 unspecified atom stereocenters. The van der Waals surface area contributed by atoms with Crippen LogP contribution in [-0.4, -0.2) is 39.7 Å². The molecular weight excluding hydrogens is 352 g/mol. The van der Waals surface area contributed by atoms with Gasteiger partial charge in [0.2, 0.25) is 0 Å². The summed E-state index contributed by atoms with van der Waals surface area (Å²) in [6.45, 7) is 1.20. The highest BCUT2D eigenvalue weighted by molar-refractivity contribution is 5.92. The predicted molar refractivity (Wildman–Crippen MR) is 107 cm³/mol. The maximum absolute atomic E-state index is 12.4. The first-order valence-electron chi connectivity index (χ1n) is 9.59. The average Bonchev–Trinajstić information content (AvgIpc) is 3.47. The van der Waals surface area contributed by atoms with Crippen molar-refractivity contribution in [3.05, 3.63) is 71.4 Å². The first-order chi connectivity index (χ1) is 13.7. The van der Waals surface area contributed by atoms with E-state index in [1.54, 1.807) is 12.4 Å². The van der Waals surface area contributed by atoms with Crippen molar-refractivity contribution in [1.82, 2.24) is 25.5 Å². The molecule has 7 nitrogen and oxygen atoms in total. The zero-order valence-electron chi connectivity index (χ0n) is 15.9. The van der Waals surface area contributed by atoms with Crippen LogP contribution in [0.2, 0.25) is 0 Å². The molecule has 1 aliphatic carbocycles. The van der Waals surface area contributed by atoms with Gasteiger partial charge in [0, 0.05) is 61.8 Å². The van der Waals surface area contributed by atoms with Gasteiger partial charge in [0.25, 0.3) is 5.91 Å². The Morgan fingerprint density at radius 1 is 1.21 bits per heavy atom. The zero-order valence-corrected chi connectivity index (χ0v) is 15.9. The van der Waals surface area contributed by atoms with Crippen LogP contribution in [0.5, 0.6) is 0 Å². The highest BCUT2D eigenvalue weighted by Gasteiger charge is 2.26. The molecule has 0 saturated heterocycles. The number of likely N-dealkylation sites (N-methyl/N-ethyl adjacent to an activating group) is 1. The van der Waals surface area contributed by atoms with Crippen LogP contribution in [0.4, 0.5) is 5.82 Å². The third-order valence-electron chi connectivity index (χ3n) is 4.95. The lowest BCUT2D eigenvalue weighted by Crippen LogP contribution is -2.27. The molecule has 2 N–H and O–H groups in total. The number of nitrogens with one attached hydrogen (secondary N) is 2. The number of rotatable bonds is 8. The number of hydrogen-bond acceptors (Lipinski definition) is 5. The summed E-state index contributed by atoms with van der Waals surface area (Å²) in [7, 11) is 2.01. The fourth-order valence-corrected chi connectivity index (χ4v) is 3.17. The van der Waals surface area contributed by atoms with E-state index in [4.69, 9.17) is 0 Å². The molecule has 0 aliphatic heterocycles. The summed E-state index contributed by atoms with van der Waals surface area (Å²) < 4.78 is 0. The minimum atomic E-state index is -0.172. The Morgan fingerprint density at radius 3 is 2.86 bits per heavy atom. The molecule has 28 heavy (non-hydrogen) atoms. The molecule has 3 aromatic rings. The number of nitrogens with zero attached hydrogens (tertiary/aromatic N) is 4. The van der Waals surface area contributed by atoms with Gasteiger partial charge >= 0.3 is 0 Å². The van der Waals surface area contributed by atoms with Crippen LogP contribution in [0.25, 0.3) is 0 Å². The lowest BCUT2D eigenvalue weighted by Gasteiger charge is -2.21. The lowest BCUT2D eigenvalue weighted by molar-refractivity contribution is 0.0946. The van der Waals surface area contributed by atoms with Crippen molar-refractivity contribution in [2.24, 2.45) is 0 Å². The standard InChI is InChI=1S/C21H24N6O/c1-27(12-9-17-6-2-3-10-22-17)20-16(5-4-11-23-20)14-24-21(28)19-13-18(25-26-19)15-7-8-15/h2-6,10-11,13,15H,7-9,12,14H2,1H3,(H,24,28)(H,25,26). The summed E-state index contributed by atoms with van der Waals surface area (Å²) >= 11 is 0. The number of aromatic nitrogens is 4. The fourth-order valence-electron chi connectivity index (χ4n) is 3.17. The zero-order chi connectivity index (χ0) is 19.3. The molecule has 3 heterocycles. The quantitative estimate of drug-likeness (QED) is 0.631. The van der Waals surface area contributed by atoms with E-state index >= 15 is 0 Å². The van der Waals surface area contributed by atoms with Crippen molar-refractivity contribution in [3.8, 4) is 0 Å². The average molecular weight is 376 g/mol. The molecule has 4 rings (SSSR count). The molecule has 1 saturated carbocycles. The van der Waals surface area contributed by atoms with E-state index in [1.165, 1.54) is 12.8 Å². The van der Waals surface area contributed by atoms with Gasteiger partial charge in [-0.15, -0.1) is 0 Å². The number of carbonyl (C=O) groups is 1. The smallest absolute Gasteiger partial charge is 0.272 e. The van der Waals surface area contributed by atoms with Crippen LogP contribution in [0.3, 0.4) is 0 Å². The number of pyridine rings is 2. The second kappa shape index (κ2) is 8.21. The Bertz CT molecular complexity index is 935. The molecule has 0 aromatic carbocycles. The Hall–Kier alpha value is -3.22. The Kier molecular flexibility index (Phi) is 5.32. The third kappa shape index (κ3) is 4.36. The summed E-state index contributed by atoms with van der Waals surface area (Å²) in [5.41, 5.74) is 3.51. The van der Waals surface area contributed by atoms with Crippen molar-refractivity contribution in [2.45, 2.75) is 31.7 Å². The van der Waals surface area contributed by atoms with E-state index in [1.807, 2.05) is 43.4 Å². The van der Waals surface area contributed by atoms with Gasteiger partial charge in [0.1, 0.15) is 11.5 Å². The Morgan fingerprint density at radius 2 is 2.07 bits per heavy atom. The molecule has 0 atom stereocenters. The van der Waals surface area contributed by atoms with Gasteiger partial charge in [-0.25, -0.2) is 4.98 Å². The van der Waals surface area contributed by atoms with Crippen LogP contribution in [0.15, 0.2) is 48.8 Å². The van der Waals surface area contributed by atoms with E-state index < -0.39 is 0 Å². The molecule has 1 fully saturated rings. The SMILES string of the molecule is CN(CCc1ccccn1)c1ncccc1CNC(=O)c1cc(C2CC2)[nH]n1. The van der Waals surface area contributed by atoms with Gasteiger partial charge in [-0.2, -0.15) is 5.10 Å². The molecule has 0 bridgehead atoms. The van der Waals surface area contributed by atoms with Gasteiger partial charge in [-0.05, 0) is 37.1 Å². The van der Waals surface area contributed by atoms with Crippen molar-refractivity contribution < 1.29 is 4.79 Å². The summed E-state index contributed by atoms with van der Waals surface area (Å²) in [6.07, 6.45) is 6.76. The highest BCUT2D eigenvalue weighted by Crippen LogP contribution is 2.38. The molecule has 0 radical (unpaired) electrons. The number of carbonyl (C=O) groups excluding carboxylic acids is 1. The summed E-state index contributed by atoms with van der Waals surface area (Å²) in [5, 5.41) is 10.1. The summed E-state index contributed by atoms with van der Waals surface area (Å²) in [4.78, 5) is 23.4. The number of amides is 1. The number of aromatic amines is 1. The molecule has 3 aromatic heterocycles. The van der Waals surface area contributed by atoms with Gasteiger partial charge in [-0.1, -0.05) is 12.1 Å². The second-order valence-electron chi connectivity index (χ2n) is 7.14. The second-order valence-corrected chi connectivity index (χ2v) is 7.14. The van der Waals surface area contributed by atoms with Crippen molar-refractivity contribution in [1.29, 1.82) is 0 Å². The lowest BCUT2D eigenvalue weighted by atomic mass is 10.2. The molecular formula is C21H24N6O. The first kappa shape index (κ1) is 18.2. The van der Waals surface area contributed by atoms with Gasteiger partial charge < -0.3 is 10.2 Å². The van der Waals surface area contributed by atoms with E-state index in [0.717, 1.165) is 35.7 Å². The van der Waals surface area contributed by atoms with Gasteiger partial charge in [0.15, 0.2) is 0 Å². The normalized spacial score (nSPS) is 13.3. The molecule has 1 amide bonds. The molecule has 0 spiro atoms. The van der Waals surface area contributed by atoms with E-state index in [-0.39, 0.29) is 5.91 Å². The minimum absolute atomic E-state index is 0.172. The molecule has 7 heteroatoms.